The summed E-state index contributed by atoms with van der Waals surface area (Å²) in [6.07, 6.45) is 3.39. The summed E-state index contributed by atoms with van der Waals surface area (Å²) in [5, 5.41) is 4.19. The molecular weight excluding hydrogens is 453 g/mol. The third-order valence-corrected chi connectivity index (χ3v) is 4.42. The van der Waals surface area contributed by atoms with Gasteiger partial charge in [0.1, 0.15) is 0 Å². The van der Waals surface area contributed by atoms with Crippen LogP contribution in [0.15, 0.2) is 29.3 Å². The van der Waals surface area contributed by atoms with Crippen molar-refractivity contribution in [2.75, 3.05) is 40.5 Å². The van der Waals surface area contributed by atoms with Crippen molar-refractivity contribution in [2.45, 2.75) is 31.9 Å². The SMILES string of the molecule is CN=C(NCc1ccc(Cl)cc1)N1CCC(OCCCOC)CC1.I. The van der Waals surface area contributed by atoms with E-state index in [2.05, 4.69) is 15.2 Å². The van der Waals surface area contributed by atoms with Crippen LogP contribution >= 0.6 is 35.6 Å². The van der Waals surface area contributed by atoms with E-state index >= 15 is 0 Å². The Morgan fingerprint density at radius 2 is 1.92 bits per heavy atom. The highest BCUT2D eigenvalue weighted by Gasteiger charge is 2.21. The van der Waals surface area contributed by atoms with E-state index in [1.54, 1.807) is 7.11 Å². The highest BCUT2D eigenvalue weighted by atomic mass is 127. The summed E-state index contributed by atoms with van der Waals surface area (Å²) in [6, 6.07) is 7.88. The van der Waals surface area contributed by atoms with Gasteiger partial charge in [-0.15, -0.1) is 24.0 Å². The third kappa shape index (κ3) is 8.11. The van der Waals surface area contributed by atoms with Gasteiger partial charge in [0.25, 0.3) is 0 Å². The van der Waals surface area contributed by atoms with Crippen LogP contribution in [0.1, 0.15) is 24.8 Å². The predicted octanol–water partition coefficient (Wildman–Crippen LogP) is 3.55. The fraction of sp³-hybridized carbons (Fsp3) is 0.611. The zero-order valence-corrected chi connectivity index (χ0v) is 18.1. The van der Waals surface area contributed by atoms with Crippen LogP contribution in [-0.2, 0) is 16.0 Å². The Labute approximate surface area is 173 Å². The summed E-state index contributed by atoms with van der Waals surface area (Å²) in [6.45, 7) is 4.23. The Hall–Kier alpha value is -0.570. The van der Waals surface area contributed by atoms with E-state index in [0.29, 0.717) is 6.10 Å². The number of rotatable bonds is 7. The van der Waals surface area contributed by atoms with Gasteiger partial charge in [-0.05, 0) is 37.0 Å². The molecule has 0 radical (unpaired) electrons. The van der Waals surface area contributed by atoms with Crippen molar-refractivity contribution in [3.63, 3.8) is 0 Å². The molecule has 1 heterocycles. The van der Waals surface area contributed by atoms with Crippen molar-refractivity contribution < 1.29 is 9.47 Å². The number of methoxy groups -OCH3 is 1. The quantitative estimate of drug-likeness (QED) is 0.280. The molecular formula is C18H29ClIN3O2. The number of ether oxygens (including phenoxy) is 2. The first-order valence-corrected chi connectivity index (χ1v) is 8.91. The summed E-state index contributed by atoms with van der Waals surface area (Å²) in [7, 11) is 3.55. The second-order valence-corrected chi connectivity index (χ2v) is 6.37. The van der Waals surface area contributed by atoms with Crippen molar-refractivity contribution >= 4 is 41.5 Å². The van der Waals surface area contributed by atoms with Crippen molar-refractivity contribution in [1.82, 2.24) is 10.2 Å². The molecule has 0 amide bonds. The lowest BCUT2D eigenvalue weighted by Gasteiger charge is -2.34. The molecule has 1 aromatic carbocycles. The lowest BCUT2D eigenvalue weighted by molar-refractivity contribution is 0.00990. The number of halogens is 2. The number of guanidine groups is 1. The van der Waals surface area contributed by atoms with Gasteiger partial charge in [0, 0.05) is 52.0 Å². The fourth-order valence-electron chi connectivity index (χ4n) is 2.80. The molecule has 2 rings (SSSR count). The fourth-order valence-corrected chi connectivity index (χ4v) is 2.93. The van der Waals surface area contributed by atoms with Gasteiger partial charge < -0.3 is 19.7 Å². The number of hydrogen-bond acceptors (Lipinski definition) is 3. The summed E-state index contributed by atoms with van der Waals surface area (Å²) in [4.78, 5) is 6.70. The van der Waals surface area contributed by atoms with E-state index in [1.807, 2.05) is 31.3 Å². The molecule has 1 aliphatic rings. The van der Waals surface area contributed by atoms with Crippen molar-refractivity contribution in [2.24, 2.45) is 4.99 Å². The molecule has 1 aliphatic heterocycles. The number of nitrogens with zero attached hydrogens (tertiary/aromatic N) is 2. The number of hydrogen-bond donors (Lipinski definition) is 1. The second-order valence-electron chi connectivity index (χ2n) is 5.93. The zero-order valence-electron chi connectivity index (χ0n) is 15.0. The van der Waals surface area contributed by atoms with Gasteiger partial charge >= 0.3 is 0 Å². The van der Waals surface area contributed by atoms with Crippen LogP contribution in [0.3, 0.4) is 0 Å². The van der Waals surface area contributed by atoms with Gasteiger partial charge in [-0.25, -0.2) is 0 Å². The molecule has 142 valence electrons. The molecule has 0 aromatic heterocycles. The summed E-state index contributed by atoms with van der Waals surface area (Å²) >= 11 is 5.92. The van der Waals surface area contributed by atoms with Crippen LogP contribution < -0.4 is 5.32 Å². The molecule has 5 nitrogen and oxygen atoms in total. The van der Waals surface area contributed by atoms with E-state index in [9.17, 15) is 0 Å². The van der Waals surface area contributed by atoms with Crippen LogP contribution in [0.4, 0.5) is 0 Å². The summed E-state index contributed by atoms with van der Waals surface area (Å²) < 4.78 is 11.0. The van der Waals surface area contributed by atoms with E-state index in [0.717, 1.165) is 63.1 Å². The maximum atomic E-state index is 5.92. The summed E-state index contributed by atoms with van der Waals surface area (Å²) in [5.74, 6) is 0.947. The largest absolute Gasteiger partial charge is 0.385 e. The Balaban J connectivity index is 0.00000312. The maximum absolute atomic E-state index is 5.92. The molecule has 25 heavy (non-hydrogen) atoms. The van der Waals surface area contributed by atoms with Crippen molar-refractivity contribution in [1.29, 1.82) is 0 Å². The lowest BCUT2D eigenvalue weighted by Crippen LogP contribution is -2.46. The van der Waals surface area contributed by atoms with Crippen molar-refractivity contribution in [3.05, 3.63) is 34.9 Å². The van der Waals surface area contributed by atoms with Crippen LogP contribution in [-0.4, -0.2) is 57.4 Å². The van der Waals surface area contributed by atoms with E-state index in [1.165, 1.54) is 5.56 Å². The Bertz CT molecular complexity index is 506. The Morgan fingerprint density at radius 3 is 2.52 bits per heavy atom. The second kappa shape index (κ2) is 12.7. The van der Waals surface area contributed by atoms with E-state index in [4.69, 9.17) is 21.1 Å². The molecule has 0 unspecified atom stereocenters. The van der Waals surface area contributed by atoms with Gasteiger partial charge in [-0.1, -0.05) is 23.7 Å². The van der Waals surface area contributed by atoms with Gasteiger partial charge in [-0.3, -0.25) is 4.99 Å². The molecule has 7 heteroatoms. The van der Waals surface area contributed by atoms with Gasteiger partial charge in [0.15, 0.2) is 5.96 Å². The van der Waals surface area contributed by atoms with Gasteiger partial charge in [0.2, 0.25) is 0 Å². The average Bonchev–Trinajstić information content (AvgIpc) is 2.62. The standard InChI is InChI=1S/C18H28ClN3O2.HI/c1-20-18(21-14-15-4-6-16(19)7-5-15)22-10-8-17(9-11-22)24-13-3-12-23-2;/h4-7,17H,3,8-14H2,1-2H3,(H,20,21);1H. The normalized spacial score (nSPS) is 15.8. The molecule has 1 N–H and O–H groups in total. The number of benzene rings is 1. The van der Waals surface area contributed by atoms with Crippen molar-refractivity contribution in [3.8, 4) is 0 Å². The molecule has 1 saturated heterocycles. The molecule has 1 aromatic rings. The Kier molecular flexibility index (Phi) is 11.4. The molecule has 0 atom stereocenters. The smallest absolute Gasteiger partial charge is 0.193 e. The van der Waals surface area contributed by atoms with Crippen LogP contribution in [0.25, 0.3) is 0 Å². The van der Waals surface area contributed by atoms with E-state index in [-0.39, 0.29) is 24.0 Å². The minimum absolute atomic E-state index is 0. The number of aliphatic imine (C=N–C) groups is 1. The number of nitrogens with one attached hydrogen (secondary N) is 1. The minimum Gasteiger partial charge on any atom is -0.385 e. The van der Waals surface area contributed by atoms with Gasteiger partial charge in [-0.2, -0.15) is 0 Å². The molecule has 0 aliphatic carbocycles. The highest BCUT2D eigenvalue weighted by Crippen LogP contribution is 2.14. The number of piperidine rings is 1. The summed E-state index contributed by atoms with van der Waals surface area (Å²) in [5.41, 5.74) is 1.19. The molecule has 1 fully saturated rings. The first kappa shape index (κ1) is 22.5. The number of likely N-dealkylation sites (tertiary alicyclic amines) is 1. The van der Waals surface area contributed by atoms with Crippen LogP contribution in [0.5, 0.6) is 0 Å². The topological polar surface area (TPSA) is 46.1 Å². The predicted molar refractivity (Wildman–Crippen MR) is 114 cm³/mol. The highest BCUT2D eigenvalue weighted by molar-refractivity contribution is 14.0. The minimum atomic E-state index is 0. The Morgan fingerprint density at radius 1 is 1.24 bits per heavy atom. The zero-order chi connectivity index (χ0) is 17.2. The third-order valence-electron chi connectivity index (χ3n) is 4.16. The molecule has 0 spiro atoms. The molecule has 0 bridgehead atoms. The van der Waals surface area contributed by atoms with E-state index < -0.39 is 0 Å². The lowest BCUT2D eigenvalue weighted by atomic mass is 10.1. The van der Waals surface area contributed by atoms with Gasteiger partial charge in [0.05, 0.1) is 6.10 Å². The molecule has 0 saturated carbocycles. The maximum Gasteiger partial charge on any atom is 0.193 e. The van der Waals surface area contributed by atoms with Crippen LogP contribution in [0, 0.1) is 0 Å². The van der Waals surface area contributed by atoms with Crippen LogP contribution in [0.2, 0.25) is 5.02 Å². The monoisotopic (exact) mass is 481 g/mol. The first-order valence-electron chi connectivity index (χ1n) is 8.53. The average molecular weight is 482 g/mol. The first-order chi connectivity index (χ1) is 11.7.